The maximum Gasteiger partial charge on any atom is 0.164 e. The van der Waals surface area contributed by atoms with Crippen molar-refractivity contribution in [2.45, 2.75) is 101 Å². The average Bonchev–Trinajstić information content (AvgIpc) is 3.06. The molecule has 0 unspecified atom stereocenters. The third kappa shape index (κ3) is 8.45. The second-order valence-corrected chi connectivity index (χ2v) is 16.7. The second-order valence-electron chi connectivity index (χ2n) is 16.7. The smallest absolute Gasteiger partial charge is 0.164 e. The van der Waals surface area contributed by atoms with Crippen LogP contribution in [-0.2, 0) is 24.9 Å². The molecule has 0 saturated heterocycles. The quantitative estimate of drug-likeness (QED) is 0.0813. The summed E-state index contributed by atoms with van der Waals surface area (Å²) < 4.78 is 0. The number of benzene rings is 5. The molecular weight excluding hydrogens is 803 g/mol. The van der Waals surface area contributed by atoms with Crippen molar-refractivity contribution in [3.05, 3.63) is 114 Å². The zero-order valence-electron chi connectivity index (χ0n) is 32.5. The molecule has 5 aromatic carbocycles. The van der Waals surface area contributed by atoms with Gasteiger partial charge < -0.3 is 10.1 Å². The Morgan fingerprint density at radius 3 is 1.92 bits per heavy atom. The number of allylic oxidation sites excluding steroid dienone is 2. The van der Waals surface area contributed by atoms with E-state index >= 15 is 0 Å². The molecule has 51 heavy (non-hydrogen) atoms. The van der Waals surface area contributed by atoms with E-state index in [1.54, 1.807) is 0 Å². The molecule has 6 rings (SSSR count). The molecule has 269 valence electrons. The van der Waals surface area contributed by atoms with E-state index in [4.69, 9.17) is 4.98 Å². The van der Waals surface area contributed by atoms with Gasteiger partial charge in [0.1, 0.15) is 5.76 Å². The zero-order chi connectivity index (χ0) is 36.7. The van der Waals surface area contributed by atoms with Gasteiger partial charge >= 0.3 is 0 Å². The van der Waals surface area contributed by atoms with Crippen molar-refractivity contribution in [3.8, 4) is 11.3 Å². The van der Waals surface area contributed by atoms with Gasteiger partial charge in [-0.1, -0.05) is 132 Å². The standard InChI is InChI=1S/C36H34N.C11H20O2.Ir/c1-21(2)25-17-26(22(3)4)19-27(18-25)36-32-14-13-29-31-12-11-24-9-7-8-10-28(24)35(31)33(23(5)6)20-34(29)30(32)15-16-37-36;1-10(2,3)8(12)7-9(13)11(4,5)6;/h7-18,20-23H,1-6H3;7,12H,1-6H3;/q-1;;/b;8-7-;. The summed E-state index contributed by atoms with van der Waals surface area (Å²) >= 11 is 0. The zero-order valence-corrected chi connectivity index (χ0v) is 34.8. The van der Waals surface area contributed by atoms with Gasteiger partial charge in [-0.2, -0.15) is 0 Å². The first-order valence-electron chi connectivity index (χ1n) is 18.1. The van der Waals surface area contributed by atoms with Gasteiger partial charge in [-0.25, -0.2) is 0 Å². The number of ketones is 1. The Labute approximate surface area is 318 Å². The van der Waals surface area contributed by atoms with Crippen LogP contribution in [0, 0.1) is 16.9 Å². The van der Waals surface area contributed by atoms with Crippen LogP contribution in [0.5, 0.6) is 0 Å². The number of carbonyl (C=O) groups excluding carboxylic acids is 1. The SMILES string of the molecule is CC(C)(C)C(=O)/C=C(\O)C(C)(C)C.CC(C)c1[c-]c(-c2nccc3c2ccc2c3cc(C(C)C)c3c4ccccc4ccc23)cc(C(C)C)c1.[Ir]. The summed E-state index contributed by atoms with van der Waals surface area (Å²) in [5.41, 5.74) is 5.35. The Bertz CT molecular complexity index is 2220. The van der Waals surface area contributed by atoms with Crippen LogP contribution in [0.2, 0.25) is 0 Å². The molecule has 3 nitrogen and oxygen atoms in total. The minimum absolute atomic E-state index is 0. The Balaban J connectivity index is 0.000000358. The van der Waals surface area contributed by atoms with E-state index < -0.39 is 5.41 Å². The van der Waals surface area contributed by atoms with Crippen LogP contribution in [0.4, 0.5) is 0 Å². The molecule has 0 aliphatic rings. The number of hydrogen-bond acceptors (Lipinski definition) is 3. The molecule has 1 aromatic heterocycles. The van der Waals surface area contributed by atoms with Gasteiger partial charge in [0.15, 0.2) is 5.78 Å². The van der Waals surface area contributed by atoms with E-state index in [1.165, 1.54) is 65.9 Å². The predicted molar refractivity (Wildman–Crippen MR) is 215 cm³/mol. The van der Waals surface area contributed by atoms with Crippen LogP contribution in [0.1, 0.15) is 118 Å². The maximum absolute atomic E-state index is 11.5. The van der Waals surface area contributed by atoms with Crippen LogP contribution < -0.4 is 0 Å². The molecular formula is C47H54IrNO2-. The van der Waals surface area contributed by atoms with Gasteiger partial charge in [-0.15, -0.1) is 34.9 Å². The number of rotatable bonds is 5. The Morgan fingerprint density at radius 1 is 0.686 bits per heavy atom. The van der Waals surface area contributed by atoms with Gasteiger partial charge in [0, 0.05) is 43.2 Å². The van der Waals surface area contributed by atoms with Crippen molar-refractivity contribution in [1.82, 2.24) is 4.98 Å². The first-order valence-corrected chi connectivity index (χ1v) is 18.1. The third-order valence-electron chi connectivity index (χ3n) is 9.65. The van der Waals surface area contributed by atoms with Gasteiger partial charge in [0.25, 0.3) is 0 Å². The molecule has 1 N–H and O–H groups in total. The summed E-state index contributed by atoms with van der Waals surface area (Å²) in [6, 6.07) is 30.9. The normalized spacial score (nSPS) is 12.6. The van der Waals surface area contributed by atoms with E-state index in [1.807, 2.05) is 47.7 Å². The largest absolute Gasteiger partial charge is 0.512 e. The fourth-order valence-corrected chi connectivity index (χ4v) is 6.32. The molecule has 0 bridgehead atoms. The summed E-state index contributed by atoms with van der Waals surface area (Å²) in [5, 5.41) is 20.0. The molecule has 0 saturated carbocycles. The predicted octanol–water partition coefficient (Wildman–Crippen LogP) is 13.6. The van der Waals surface area contributed by atoms with E-state index in [0.29, 0.717) is 17.8 Å². The first-order chi connectivity index (χ1) is 23.4. The summed E-state index contributed by atoms with van der Waals surface area (Å²) in [7, 11) is 0. The topological polar surface area (TPSA) is 50.2 Å². The Kier molecular flexibility index (Phi) is 12.1. The van der Waals surface area contributed by atoms with E-state index in [2.05, 4.69) is 120 Å². The van der Waals surface area contributed by atoms with Crippen LogP contribution in [0.3, 0.4) is 0 Å². The van der Waals surface area contributed by atoms with Crippen molar-refractivity contribution < 1.29 is 30.0 Å². The van der Waals surface area contributed by atoms with Crippen molar-refractivity contribution in [2.75, 3.05) is 0 Å². The van der Waals surface area contributed by atoms with Gasteiger partial charge in [-0.3, -0.25) is 4.79 Å². The van der Waals surface area contributed by atoms with E-state index in [9.17, 15) is 9.90 Å². The minimum Gasteiger partial charge on any atom is -0.512 e. The first kappa shape index (κ1) is 39.9. The molecule has 0 atom stereocenters. The van der Waals surface area contributed by atoms with Crippen LogP contribution >= 0.6 is 0 Å². The molecule has 6 aromatic rings. The number of fused-ring (bicyclic) bond motifs is 7. The molecule has 1 radical (unpaired) electrons. The third-order valence-corrected chi connectivity index (χ3v) is 9.65. The van der Waals surface area contributed by atoms with Crippen molar-refractivity contribution in [2.24, 2.45) is 10.8 Å². The second kappa shape index (κ2) is 15.4. The summed E-state index contributed by atoms with van der Waals surface area (Å²) in [4.78, 5) is 16.4. The number of hydrogen-bond donors (Lipinski definition) is 1. The molecule has 0 aliphatic carbocycles. The van der Waals surface area contributed by atoms with Crippen LogP contribution in [-0.4, -0.2) is 15.9 Å². The molecule has 1 heterocycles. The van der Waals surface area contributed by atoms with Crippen LogP contribution in [0.15, 0.2) is 90.8 Å². The summed E-state index contributed by atoms with van der Waals surface area (Å²) in [5.74, 6) is 1.39. The number of pyridine rings is 1. The summed E-state index contributed by atoms with van der Waals surface area (Å²) in [6.45, 7) is 24.7. The number of aromatic nitrogens is 1. The number of nitrogens with zero attached hydrogens (tertiary/aromatic N) is 1. The number of aliphatic hydroxyl groups is 1. The fourth-order valence-electron chi connectivity index (χ4n) is 6.32. The van der Waals surface area contributed by atoms with Gasteiger partial charge in [0.2, 0.25) is 0 Å². The van der Waals surface area contributed by atoms with Crippen molar-refractivity contribution >= 4 is 48.9 Å². The number of aliphatic hydroxyl groups excluding tert-OH is 1. The van der Waals surface area contributed by atoms with E-state index in [0.717, 1.165) is 11.3 Å². The van der Waals surface area contributed by atoms with Crippen molar-refractivity contribution in [1.29, 1.82) is 0 Å². The minimum atomic E-state index is -0.417. The average molecular weight is 857 g/mol. The fraction of sp³-hybridized carbons (Fsp3) is 0.362. The van der Waals surface area contributed by atoms with E-state index in [-0.39, 0.29) is 37.1 Å². The Morgan fingerprint density at radius 2 is 1.31 bits per heavy atom. The Hall–Kier alpha value is -3.85. The molecule has 0 amide bonds. The monoisotopic (exact) mass is 857 g/mol. The molecule has 0 fully saturated rings. The van der Waals surface area contributed by atoms with Gasteiger partial charge in [0.05, 0.1) is 0 Å². The molecule has 4 heteroatoms. The number of carbonyl (C=O) groups is 1. The van der Waals surface area contributed by atoms with Gasteiger partial charge in [-0.05, 0) is 84.2 Å². The maximum atomic E-state index is 11.5. The molecule has 0 aliphatic heterocycles. The van der Waals surface area contributed by atoms with Crippen LogP contribution in [0.25, 0.3) is 54.3 Å². The summed E-state index contributed by atoms with van der Waals surface area (Å²) in [6.07, 6.45) is 3.31. The van der Waals surface area contributed by atoms with Crippen molar-refractivity contribution in [3.63, 3.8) is 0 Å². The molecule has 0 spiro atoms.